The predicted molar refractivity (Wildman–Crippen MR) is 145 cm³/mol. The maximum Gasteiger partial charge on any atom is 0.259 e. The number of hydrogen-bond donors (Lipinski definition) is 4. The number of aromatic hydroxyl groups is 2. The first-order valence-electron chi connectivity index (χ1n) is 12.1. The van der Waals surface area contributed by atoms with E-state index in [2.05, 4.69) is 52.2 Å². The van der Waals surface area contributed by atoms with Crippen molar-refractivity contribution >= 4 is 23.2 Å². The zero-order valence-corrected chi connectivity index (χ0v) is 21.9. The Balaban J connectivity index is 1.91. The van der Waals surface area contributed by atoms with Crippen molar-refractivity contribution in [2.24, 2.45) is 10.8 Å². The number of benzene rings is 3. The Kier molecular flexibility index (Phi) is 7.77. The molecule has 3 aromatic carbocycles. The SMILES string of the molecule is CC(C)(C)Cc1cccc(O)c1C(=O)Nc1ccccc1NC(=O)c1c(O)cccc1CC(C)(C)C. The normalized spacial score (nSPS) is 11.7. The van der Waals surface area contributed by atoms with E-state index in [0.29, 0.717) is 24.2 Å². The van der Waals surface area contributed by atoms with Gasteiger partial charge in [0, 0.05) is 0 Å². The van der Waals surface area contributed by atoms with Crippen LogP contribution in [0.1, 0.15) is 73.4 Å². The van der Waals surface area contributed by atoms with E-state index >= 15 is 0 Å². The van der Waals surface area contributed by atoms with Crippen molar-refractivity contribution in [3.8, 4) is 11.5 Å². The van der Waals surface area contributed by atoms with Gasteiger partial charge in [-0.25, -0.2) is 0 Å². The Morgan fingerprint density at radius 3 is 1.31 bits per heavy atom. The molecule has 36 heavy (non-hydrogen) atoms. The van der Waals surface area contributed by atoms with Gasteiger partial charge in [-0.2, -0.15) is 0 Å². The molecule has 4 N–H and O–H groups in total. The molecule has 0 heterocycles. The number of nitrogens with one attached hydrogen (secondary N) is 2. The van der Waals surface area contributed by atoms with Gasteiger partial charge in [0.1, 0.15) is 11.5 Å². The number of phenolic OH excluding ortho intramolecular Hbond substituents is 2. The molecule has 6 heteroatoms. The Morgan fingerprint density at radius 1 is 0.611 bits per heavy atom. The van der Waals surface area contributed by atoms with Crippen LogP contribution in [0.15, 0.2) is 60.7 Å². The Hall–Kier alpha value is -3.80. The van der Waals surface area contributed by atoms with Gasteiger partial charge in [-0.05, 0) is 59.1 Å². The van der Waals surface area contributed by atoms with E-state index in [1.807, 2.05) is 12.1 Å². The average molecular weight is 489 g/mol. The van der Waals surface area contributed by atoms with E-state index in [4.69, 9.17) is 0 Å². The molecule has 0 aliphatic carbocycles. The largest absolute Gasteiger partial charge is 0.507 e. The third-order valence-electron chi connectivity index (χ3n) is 5.58. The van der Waals surface area contributed by atoms with Gasteiger partial charge in [0.25, 0.3) is 11.8 Å². The highest BCUT2D eigenvalue weighted by Gasteiger charge is 2.24. The number of hydrogen-bond acceptors (Lipinski definition) is 4. The molecule has 2 amide bonds. The van der Waals surface area contributed by atoms with E-state index in [1.165, 1.54) is 12.1 Å². The molecule has 0 aromatic heterocycles. The van der Waals surface area contributed by atoms with Crippen LogP contribution in [0.3, 0.4) is 0 Å². The summed E-state index contributed by atoms with van der Waals surface area (Å²) in [5.41, 5.74) is 2.49. The molecule has 0 bridgehead atoms. The fourth-order valence-electron chi connectivity index (χ4n) is 4.21. The second-order valence-electron chi connectivity index (χ2n) is 11.6. The summed E-state index contributed by atoms with van der Waals surface area (Å²) in [6, 6.07) is 17.0. The second kappa shape index (κ2) is 10.4. The monoisotopic (exact) mass is 488 g/mol. The number of anilines is 2. The maximum absolute atomic E-state index is 13.3. The number of amides is 2. The van der Waals surface area contributed by atoms with E-state index in [0.717, 1.165) is 11.1 Å². The van der Waals surface area contributed by atoms with Crippen LogP contribution in [0.2, 0.25) is 0 Å². The van der Waals surface area contributed by atoms with Crippen molar-refractivity contribution in [2.75, 3.05) is 10.6 Å². The summed E-state index contributed by atoms with van der Waals surface area (Å²) in [4.78, 5) is 26.6. The zero-order valence-electron chi connectivity index (χ0n) is 21.9. The molecule has 0 unspecified atom stereocenters. The molecule has 3 rings (SSSR count). The lowest BCUT2D eigenvalue weighted by molar-refractivity contribution is 0.101. The van der Waals surface area contributed by atoms with Crippen molar-refractivity contribution < 1.29 is 19.8 Å². The van der Waals surface area contributed by atoms with E-state index < -0.39 is 11.8 Å². The van der Waals surface area contributed by atoms with Crippen molar-refractivity contribution in [2.45, 2.75) is 54.4 Å². The van der Waals surface area contributed by atoms with Crippen LogP contribution in [0, 0.1) is 10.8 Å². The number of phenols is 2. The minimum absolute atomic E-state index is 0.0862. The van der Waals surface area contributed by atoms with Crippen molar-refractivity contribution in [3.63, 3.8) is 0 Å². The van der Waals surface area contributed by atoms with Gasteiger partial charge in [-0.15, -0.1) is 0 Å². The Labute approximate surface area is 213 Å². The molecule has 0 radical (unpaired) electrons. The smallest absolute Gasteiger partial charge is 0.259 e. The Morgan fingerprint density at radius 2 is 0.972 bits per heavy atom. The van der Waals surface area contributed by atoms with Crippen LogP contribution in [0.25, 0.3) is 0 Å². The quantitative estimate of drug-likeness (QED) is 0.307. The molecule has 190 valence electrons. The third kappa shape index (κ3) is 6.87. The van der Waals surface area contributed by atoms with E-state index in [-0.39, 0.29) is 33.5 Å². The molecule has 3 aromatic rings. The summed E-state index contributed by atoms with van der Waals surface area (Å²) in [7, 11) is 0. The summed E-state index contributed by atoms with van der Waals surface area (Å²) < 4.78 is 0. The molecule has 0 aliphatic rings. The molecule has 0 saturated heterocycles. The number of rotatable bonds is 6. The fraction of sp³-hybridized carbons (Fsp3) is 0.333. The van der Waals surface area contributed by atoms with Crippen molar-refractivity contribution in [1.82, 2.24) is 0 Å². The van der Waals surface area contributed by atoms with Crippen LogP contribution in [-0.4, -0.2) is 22.0 Å². The lowest BCUT2D eigenvalue weighted by Gasteiger charge is -2.22. The lowest BCUT2D eigenvalue weighted by atomic mass is 9.86. The predicted octanol–water partition coefficient (Wildman–Crippen LogP) is 6.78. The molecule has 0 atom stereocenters. The van der Waals surface area contributed by atoms with Gasteiger partial charge in [0.2, 0.25) is 0 Å². The molecule has 6 nitrogen and oxygen atoms in total. The van der Waals surface area contributed by atoms with Crippen LogP contribution >= 0.6 is 0 Å². The van der Waals surface area contributed by atoms with Crippen molar-refractivity contribution in [3.05, 3.63) is 82.9 Å². The first kappa shape index (κ1) is 26.8. The minimum Gasteiger partial charge on any atom is -0.507 e. The minimum atomic E-state index is -0.468. The summed E-state index contributed by atoms with van der Waals surface area (Å²) in [6.45, 7) is 12.4. The van der Waals surface area contributed by atoms with Gasteiger partial charge < -0.3 is 20.8 Å². The first-order chi connectivity index (χ1) is 16.7. The van der Waals surface area contributed by atoms with Crippen LogP contribution in [-0.2, 0) is 12.8 Å². The highest BCUT2D eigenvalue weighted by molar-refractivity contribution is 6.12. The zero-order chi connectivity index (χ0) is 26.7. The summed E-state index contributed by atoms with van der Waals surface area (Å²) in [5, 5.41) is 26.7. The van der Waals surface area contributed by atoms with Crippen LogP contribution < -0.4 is 10.6 Å². The molecular formula is C30H36N2O4. The molecular weight excluding hydrogens is 452 g/mol. The van der Waals surface area contributed by atoms with E-state index in [1.54, 1.807) is 36.4 Å². The standard InChI is InChI=1S/C30H36N2O4/c1-29(2,3)17-19-11-9-15-23(33)25(19)27(35)31-21-13-7-8-14-22(21)32-28(36)26-20(18-30(4,5)6)12-10-16-24(26)34/h7-16,33-34H,17-18H2,1-6H3,(H,31,35)(H,32,36). The van der Waals surface area contributed by atoms with Gasteiger partial charge in [0.15, 0.2) is 0 Å². The highest BCUT2D eigenvalue weighted by Crippen LogP contribution is 2.32. The summed E-state index contributed by atoms with van der Waals surface area (Å²) >= 11 is 0. The highest BCUT2D eigenvalue weighted by atomic mass is 16.3. The van der Waals surface area contributed by atoms with E-state index in [9.17, 15) is 19.8 Å². The average Bonchev–Trinajstić information content (AvgIpc) is 2.73. The van der Waals surface area contributed by atoms with Crippen LogP contribution in [0.4, 0.5) is 11.4 Å². The van der Waals surface area contributed by atoms with Gasteiger partial charge >= 0.3 is 0 Å². The second-order valence-corrected chi connectivity index (χ2v) is 11.6. The number of para-hydroxylation sites is 2. The van der Waals surface area contributed by atoms with Gasteiger partial charge in [0.05, 0.1) is 22.5 Å². The topological polar surface area (TPSA) is 98.7 Å². The number of carbonyl (C=O) groups excluding carboxylic acids is 2. The first-order valence-corrected chi connectivity index (χ1v) is 12.1. The molecule has 0 fully saturated rings. The third-order valence-corrected chi connectivity index (χ3v) is 5.58. The van der Waals surface area contributed by atoms with Gasteiger partial charge in [-0.1, -0.05) is 77.9 Å². The Bertz CT molecular complexity index is 1170. The lowest BCUT2D eigenvalue weighted by Crippen LogP contribution is -2.21. The van der Waals surface area contributed by atoms with Gasteiger partial charge in [-0.3, -0.25) is 9.59 Å². The fourth-order valence-corrected chi connectivity index (χ4v) is 4.21. The molecule has 0 spiro atoms. The number of carbonyl (C=O) groups is 2. The molecule has 0 aliphatic heterocycles. The maximum atomic E-state index is 13.3. The van der Waals surface area contributed by atoms with Crippen LogP contribution in [0.5, 0.6) is 11.5 Å². The summed E-state index contributed by atoms with van der Waals surface area (Å²) in [6.07, 6.45) is 1.21. The summed E-state index contributed by atoms with van der Waals surface area (Å²) in [5.74, 6) is -1.14. The van der Waals surface area contributed by atoms with Crippen molar-refractivity contribution in [1.29, 1.82) is 0 Å². The molecule has 0 saturated carbocycles.